The Bertz CT molecular complexity index is 1160. The average molecular weight is 453 g/mol. The van der Waals surface area contributed by atoms with E-state index in [1.807, 2.05) is 6.92 Å². The number of benzene rings is 1. The van der Waals surface area contributed by atoms with Crippen molar-refractivity contribution in [2.75, 3.05) is 7.11 Å². The van der Waals surface area contributed by atoms with Crippen LogP contribution in [0.4, 0.5) is 8.78 Å². The van der Waals surface area contributed by atoms with Gasteiger partial charge in [-0.05, 0) is 12.5 Å². The molecule has 0 fully saturated rings. The molecule has 0 bridgehead atoms. The fraction of sp³-hybridized carbons (Fsp3) is 0.300. The molecule has 0 saturated heterocycles. The van der Waals surface area contributed by atoms with Crippen LogP contribution in [0.1, 0.15) is 37.9 Å². The molecule has 1 atom stereocenters. The Kier molecular flexibility index (Phi) is 6.69. The lowest BCUT2D eigenvalue weighted by Gasteiger charge is -2.19. The van der Waals surface area contributed by atoms with E-state index in [-0.39, 0.29) is 22.9 Å². The van der Waals surface area contributed by atoms with E-state index in [0.717, 1.165) is 15.4 Å². The molecule has 8 nitrogen and oxygen atoms in total. The summed E-state index contributed by atoms with van der Waals surface area (Å²) in [6, 6.07) is 4.95. The highest BCUT2D eigenvalue weighted by molar-refractivity contribution is 6.33. The number of ether oxygens (including phenoxy) is 1. The average Bonchev–Trinajstić information content (AvgIpc) is 3.22. The van der Waals surface area contributed by atoms with Crippen molar-refractivity contribution in [2.45, 2.75) is 32.2 Å². The second kappa shape index (κ2) is 9.25. The van der Waals surface area contributed by atoms with Gasteiger partial charge in [0.25, 0.3) is 12.0 Å². The maximum Gasteiger partial charge on any atom is 0.326 e. The molecule has 0 aliphatic carbocycles. The van der Waals surface area contributed by atoms with E-state index in [4.69, 9.17) is 16.3 Å². The van der Waals surface area contributed by atoms with Gasteiger partial charge in [-0.15, -0.1) is 5.10 Å². The minimum Gasteiger partial charge on any atom is -0.495 e. The molecule has 1 unspecified atom stereocenters. The fourth-order valence-corrected chi connectivity index (χ4v) is 3.51. The molecule has 0 radical (unpaired) electrons. The molecule has 3 rings (SSSR count). The van der Waals surface area contributed by atoms with Gasteiger partial charge in [-0.1, -0.05) is 42.3 Å². The molecule has 31 heavy (non-hydrogen) atoms. The molecular formula is C20H19ClF2N4O4. The van der Waals surface area contributed by atoms with E-state index in [2.05, 4.69) is 10.3 Å². The van der Waals surface area contributed by atoms with Crippen LogP contribution in [0, 0.1) is 0 Å². The van der Waals surface area contributed by atoms with Crippen LogP contribution in [0.25, 0.3) is 16.8 Å². The first kappa shape index (κ1) is 22.4. The number of rotatable bonds is 8. The van der Waals surface area contributed by atoms with Crippen LogP contribution in [0.3, 0.4) is 0 Å². The van der Waals surface area contributed by atoms with E-state index in [1.54, 1.807) is 18.2 Å². The quantitative estimate of drug-likeness (QED) is 0.552. The number of nitrogens with zero attached hydrogens (tertiary/aromatic N) is 4. The van der Waals surface area contributed by atoms with Gasteiger partial charge < -0.3 is 9.84 Å². The van der Waals surface area contributed by atoms with Gasteiger partial charge in [0, 0.05) is 17.2 Å². The molecule has 0 saturated carbocycles. The Balaban J connectivity index is 2.22. The van der Waals surface area contributed by atoms with Gasteiger partial charge >= 0.3 is 5.97 Å². The van der Waals surface area contributed by atoms with Crippen molar-refractivity contribution in [1.29, 1.82) is 0 Å². The van der Waals surface area contributed by atoms with Crippen LogP contribution in [-0.4, -0.2) is 37.7 Å². The summed E-state index contributed by atoms with van der Waals surface area (Å²) < 4.78 is 33.6. The summed E-state index contributed by atoms with van der Waals surface area (Å²) in [4.78, 5) is 24.4. The number of pyridine rings is 1. The number of hydrogen-bond acceptors (Lipinski definition) is 5. The molecule has 1 N–H and O–H groups in total. The second-order valence-electron chi connectivity index (χ2n) is 6.67. The Labute approximate surface area is 180 Å². The third-order valence-corrected chi connectivity index (χ3v) is 4.99. The van der Waals surface area contributed by atoms with Crippen LogP contribution in [-0.2, 0) is 4.79 Å². The monoisotopic (exact) mass is 452 g/mol. The predicted molar refractivity (Wildman–Crippen MR) is 109 cm³/mol. The minimum absolute atomic E-state index is 0.184. The summed E-state index contributed by atoms with van der Waals surface area (Å²) in [5.41, 5.74) is -0.188. The lowest BCUT2D eigenvalue weighted by molar-refractivity contribution is -0.141. The highest BCUT2D eigenvalue weighted by Gasteiger charge is 2.24. The number of alkyl halides is 2. The van der Waals surface area contributed by atoms with Crippen molar-refractivity contribution in [3.63, 3.8) is 0 Å². The number of aliphatic carboxylic acids is 1. The molecular weight excluding hydrogens is 434 g/mol. The normalized spacial score (nSPS) is 12.2. The van der Waals surface area contributed by atoms with E-state index in [1.165, 1.54) is 19.4 Å². The van der Waals surface area contributed by atoms with E-state index in [9.17, 15) is 23.5 Å². The molecule has 164 valence electrons. The zero-order chi connectivity index (χ0) is 22.7. The van der Waals surface area contributed by atoms with Crippen LogP contribution in [0.5, 0.6) is 5.75 Å². The number of carboxylic acids is 1. The Morgan fingerprint density at radius 3 is 2.61 bits per heavy atom. The smallest absolute Gasteiger partial charge is 0.326 e. The first-order valence-corrected chi connectivity index (χ1v) is 9.68. The second-order valence-corrected chi connectivity index (χ2v) is 7.08. The molecule has 0 amide bonds. The van der Waals surface area contributed by atoms with Crippen molar-refractivity contribution in [3.8, 4) is 22.6 Å². The van der Waals surface area contributed by atoms with Gasteiger partial charge in [0.2, 0.25) is 0 Å². The largest absolute Gasteiger partial charge is 0.495 e. The molecule has 2 heterocycles. The number of carboxylic acid groups (broad SMARTS) is 1. The van der Waals surface area contributed by atoms with Crippen LogP contribution >= 0.6 is 11.6 Å². The topological polar surface area (TPSA) is 99.2 Å². The molecule has 3 aromatic rings. The van der Waals surface area contributed by atoms with Crippen molar-refractivity contribution in [1.82, 2.24) is 19.6 Å². The van der Waals surface area contributed by atoms with Gasteiger partial charge in [0.15, 0.2) is 0 Å². The maximum atomic E-state index is 13.0. The predicted octanol–water partition coefficient (Wildman–Crippen LogP) is 4.12. The highest BCUT2D eigenvalue weighted by Crippen LogP contribution is 2.37. The highest BCUT2D eigenvalue weighted by atomic mass is 35.5. The van der Waals surface area contributed by atoms with E-state index < -0.39 is 29.7 Å². The van der Waals surface area contributed by atoms with Gasteiger partial charge in [-0.3, -0.25) is 9.36 Å². The molecule has 1 aromatic carbocycles. The summed E-state index contributed by atoms with van der Waals surface area (Å²) in [7, 11) is 1.37. The fourth-order valence-electron chi connectivity index (χ4n) is 3.25. The van der Waals surface area contributed by atoms with Gasteiger partial charge in [-0.2, -0.15) is 0 Å². The molecule has 11 heteroatoms. The number of aromatic nitrogens is 4. The first-order valence-electron chi connectivity index (χ1n) is 9.31. The summed E-state index contributed by atoms with van der Waals surface area (Å²) in [5.74, 6) is -0.927. The van der Waals surface area contributed by atoms with E-state index in [0.29, 0.717) is 17.5 Å². The zero-order valence-electron chi connectivity index (χ0n) is 16.6. The minimum atomic E-state index is -2.82. The molecule has 0 aliphatic heterocycles. The molecule has 2 aromatic heterocycles. The third kappa shape index (κ3) is 4.43. The van der Waals surface area contributed by atoms with Crippen molar-refractivity contribution in [3.05, 3.63) is 57.7 Å². The van der Waals surface area contributed by atoms with Crippen LogP contribution in [0.2, 0.25) is 5.02 Å². The SMILES string of the molecule is CCCC(C(=O)O)n1cc(OC)c(-c2cccc(Cl)c2-n2cc(C(F)F)nn2)cc1=O. The van der Waals surface area contributed by atoms with Gasteiger partial charge in [0.1, 0.15) is 17.5 Å². The summed E-state index contributed by atoms with van der Waals surface area (Å²) in [6.07, 6.45) is 0.373. The Morgan fingerprint density at radius 1 is 1.29 bits per heavy atom. The number of methoxy groups -OCH3 is 1. The van der Waals surface area contributed by atoms with Crippen molar-refractivity contribution < 1.29 is 23.4 Å². The lowest BCUT2D eigenvalue weighted by Crippen LogP contribution is -2.29. The lowest BCUT2D eigenvalue weighted by atomic mass is 10.0. The Morgan fingerprint density at radius 2 is 2.03 bits per heavy atom. The number of carbonyl (C=O) groups is 1. The summed E-state index contributed by atoms with van der Waals surface area (Å²) >= 11 is 6.32. The number of hydrogen-bond donors (Lipinski definition) is 1. The first-order chi connectivity index (χ1) is 14.8. The van der Waals surface area contributed by atoms with Crippen LogP contribution in [0.15, 0.2) is 41.5 Å². The van der Waals surface area contributed by atoms with Crippen LogP contribution < -0.4 is 10.3 Å². The van der Waals surface area contributed by atoms with E-state index >= 15 is 0 Å². The standard InChI is InChI=1S/C20H19ClF2N4O4/c1-3-5-15(20(29)30)26-10-16(31-2)12(8-17(26)28)11-6-4-7-13(21)18(11)27-9-14(19(22)23)24-25-27/h4,6-10,15,19H,3,5H2,1-2H3,(H,29,30). The van der Waals surface area contributed by atoms with Crippen molar-refractivity contribution >= 4 is 17.6 Å². The van der Waals surface area contributed by atoms with Crippen molar-refractivity contribution in [2.24, 2.45) is 0 Å². The van der Waals surface area contributed by atoms with Gasteiger partial charge in [0.05, 0.1) is 30.2 Å². The summed E-state index contributed by atoms with van der Waals surface area (Å²) in [6.45, 7) is 1.82. The molecule has 0 spiro atoms. The number of halogens is 3. The third-order valence-electron chi connectivity index (χ3n) is 4.69. The number of para-hydroxylation sites is 1. The molecule has 0 aliphatic rings. The van der Waals surface area contributed by atoms with Gasteiger partial charge in [-0.25, -0.2) is 18.3 Å². The zero-order valence-corrected chi connectivity index (χ0v) is 17.4. The Hall–Kier alpha value is -3.27. The summed E-state index contributed by atoms with van der Waals surface area (Å²) in [5, 5.41) is 16.9. The maximum absolute atomic E-state index is 13.0.